The normalized spacial score (nSPS) is 21.5. The second-order valence-electron chi connectivity index (χ2n) is 8.44. The van der Waals surface area contributed by atoms with Crippen molar-refractivity contribution in [1.29, 1.82) is 0 Å². The van der Waals surface area contributed by atoms with Crippen LogP contribution in [0.1, 0.15) is 42.1 Å². The lowest BCUT2D eigenvalue weighted by atomic mass is 9.92. The molecule has 1 saturated heterocycles. The minimum absolute atomic E-state index is 0. The fraction of sp³-hybridized carbons (Fsp3) is 0.550. The highest BCUT2D eigenvalue weighted by molar-refractivity contribution is 6.31. The zero-order chi connectivity index (χ0) is 20.2. The SMILES string of the molecule is Cl.Cn1cc(COc2c(F)cc(Cl)c3c2[C@@H](CN2CC4(CC4)CC2=O)NCC3)nn1. The van der Waals surface area contributed by atoms with E-state index < -0.39 is 5.82 Å². The lowest BCUT2D eigenvalue weighted by Crippen LogP contribution is -2.40. The Morgan fingerprint density at radius 3 is 2.90 bits per heavy atom. The summed E-state index contributed by atoms with van der Waals surface area (Å²) < 4.78 is 22.3. The van der Waals surface area contributed by atoms with Gasteiger partial charge >= 0.3 is 0 Å². The molecule has 2 aliphatic heterocycles. The van der Waals surface area contributed by atoms with Crippen LogP contribution >= 0.6 is 24.0 Å². The summed E-state index contributed by atoms with van der Waals surface area (Å²) in [5, 5.41) is 11.7. The number of nitrogens with one attached hydrogen (secondary N) is 1. The van der Waals surface area contributed by atoms with E-state index in [9.17, 15) is 9.18 Å². The molecule has 1 aliphatic carbocycles. The van der Waals surface area contributed by atoms with E-state index >= 15 is 0 Å². The molecule has 0 radical (unpaired) electrons. The first-order valence-corrected chi connectivity index (χ1v) is 10.3. The molecule has 1 spiro atoms. The number of aromatic nitrogens is 3. The molecule has 1 atom stereocenters. The first-order chi connectivity index (χ1) is 13.9. The van der Waals surface area contributed by atoms with Crippen molar-refractivity contribution in [1.82, 2.24) is 25.2 Å². The highest BCUT2D eigenvalue weighted by atomic mass is 35.5. The number of amides is 1. The number of carbonyl (C=O) groups excluding carboxylic acids is 1. The minimum atomic E-state index is -0.502. The first-order valence-electron chi connectivity index (χ1n) is 9.94. The van der Waals surface area contributed by atoms with Gasteiger partial charge in [0.05, 0.1) is 12.2 Å². The second kappa shape index (κ2) is 7.98. The van der Waals surface area contributed by atoms with Crippen LogP contribution in [0.5, 0.6) is 5.75 Å². The van der Waals surface area contributed by atoms with Crippen LogP contribution in [0.2, 0.25) is 5.02 Å². The largest absolute Gasteiger partial charge is 0.484 e. The van der Waals surface area contributed by atoms with E-state index in [1.807, 2.05) is 4.90 Å². The van der Waals surface area contributed by atoms with Crippen molar-refractivity contribution in [2.75, 3.05) is 19.6 Å². The molecule has 7 nitrogen and oxygen atoms in total. The predicted molar refractivity (Wildman–Crippen MR) is 111 cm³/mol. The maximum absolute atomic E-state index is 14.9. The summed E-state index contributed by atoms with van der Waals surface area (Å²) in [4.78, 5) is 14.4. The van der Waals surface area contributed by atoms with Crippen LogP contribution in [-0.2, 0) is 24.9 Å². The number of ether oxygens (including phenoxy) is 1. The van der Waals surface area contributed by atoms with Gasteiger partial charge in [-0.05, 0) is 42.9 Å². The quantitative estimate of drug-likeness (QED) is 0.750. The van der Waals surface area contributed by atoms with Crippen molar-refractivity contribution in [2.24, 2.45) is 12.5 Å². The van der Waals surface area contributed by atoms with E-state index in [0.717, 1.165) is 37.1 Å². The van der Waals surface area contributed by atoms with E-state index in [2.05, 4.69) is 15.6 Å². The van der Waals surface area contributed by atoms with Crippen LogP contribution in [0.25, 0.3) is 0 Å². The number of nitrogens with zero attached hydrogens (tertiary/aromatic N) is 4. The fourth-order valence-corrected chi connectivity index (χ4v) is 4.84. The summed E-state index contributed by atoms with van der Waals surface area (Å²) in [5.74, 6) is -0.140. The van der Waals surface area contributed by atoms with E-state index in [-0.39, 0.29) is 42.1 Å². The minimum Gasteiger partial charge on any atom is -0.484 e. The summed E-state index contributed by atoms with van der Waals surface area (Å²) in [6.07, 6.45) is 5.29. The van der Waals surface area contributed by atoms with Gasteiger partial charge in [-0.1, -0.05) is 16.8 Å². The number of fused-ring (bicyclic) bond motifs is 1. The molecule has 1 saturated carbocycles. The van der Waals surface area contributed by atoms with Gasteiger partial charge in [0.15, 0.2) is 11.6 Å². The molecule has 1 N–H and O–H groups in total. The van der Waals surface area contributed by atoms with Crippen LogP contribution in [0, 0.1) is 11.2 Å². The van der Waals surface area contributed by atoms with Crippen molar-refractivity contribution in [2.45, 2.75) is 38.3 Å². The van der Waals surface area contributed by atoms with Crippen molar-refractivity contribution >= 4 is 29.9 Å². The van der Waals surface area contributed by atoms with Gasteiger partial charge in [0.2, 0.25) is 5.91 Å². The topological polar surface area (TPSA) is 72.3 Å². The Bertz CT molecular complexity index is 978. The Morgan fingerprint density at radius 1 is 1.43 bits per heavy atom. The summed E-state index contributed by atoms with van der Waals surface area (Å²) >= 11 is 6.38. The van der Waals surface area contributed by atoms with Gasteiger partial charge in [-0.15, -0.1) is 17.5 Å². The van der Waals surface area contributed by atoms with Crippen LogP contribution < -0.4 is 10.1 Å². The van der Waals surface area contributed by atoms with Crippen molar-refractivity contribution < 1.29 is 13.9 Å². The molecule has 1 aromatic carbocycles. The Labute approximate surface area is 185 Å². The maximum atomic E-state index is 14.9. The fourth-order valence-electron chi connectivity index (χ4n) is 4.54. The zero-order valence-corrected chi connectivity index (χ0v) is 18.2. The van der Waals surface area contributed by atoms with Gasteiger partial charge in [-0.3, -0.25) is 9.48 Å². The maximum Gasteiger partial charge on any atom is 0.223 e. The van der Waals surface area contributed by atoms with Gasteiger partial charge in [-0.25, -0.2) is 4.39 Å². The Hall–Kier alpha value is -1.90. The number of benzene rings is 1. The van der Waals surface area contributed by atoms with Crippen molar-refractivity contribution in [3.05, 3.63) is 39.9 Å². The third-order valence-corrected chi connectivity index (χ3v) is 6.56. The summed E-state index contributed by atoms with van der Waals surface area (Å²) in [7, 11) is 1.76. The zero-order valence-electron chi connectivity index (χ0n) is 16.7. The number of carbonyl (C=O) groups is 1. The Kier molecular flexibility index (Phi) is 5.67. The Balaban J connectivity index is 0.00000218. The van der Waals surface area contributed by atoms with Crippen molar-refractivity contribution in [3.8, 4) is 5.75 Å². The summed E-state index contributed by atoms with van der Waals surface area (Å²) in [6.45, 7) is 2.12. The number of likely N-dealkylation sites (tertiary alicyclic amines) is 1. The molecule has 3 heterocycles. The molecule has 0 bridgehead atoms. The average molecular weight is 456 g/mol. The lowest BCUT2D eigenvalue weighted by Gasteiger charge is -2.32. The number of aryl methyl sites for hydroxylation is 1. The van der Waals surface area contributed by atoms with Crippen LogP contribution in [0.4, 0.5) is 4.39 Å². The number of halogens is 3. The van der Waals surface area contributed by atoms with E-state index in [4.69, 9.17) is 16.3 Å². The van der Waals surface area contributed by atoms with Crippen LogP contribution in [0.3, 0.4) is 0 Å². The molecule has 30 heavy (non-hydrogen) atoms. The third kappa shape index (κ3) is 3.88. The second-order valence-corrected chi connectivity index (χ2v) is 8.85. The summed E-state index contributed by atoms with van der Waals surface area (Å²) in [6, 6.07) is 1.09. The molecule has 3 aliphatic rings. The molecule has 1 amide bonds. The van der Waals surface area contributed by atoms with Crippen LogP contribution in [-0.4, -0.2) is 45.4 Å². The van der Waals surface area contributed by atoms with E-state index in [1.165, 1.54) is 6.07 Å². The molecule has 1 aromatic heterocycles. The third-order valence-electron chi connectivity index (χ3n) is 6.22. The van der Waals surface area contributed by atoms with Crippen LogP contribution in [0.15, 0.2) is 12.3 Å². The Morgan fingerprint density at radius 2 is 2.23 bits per heavy atom. The van der Waals surface area contributed by atoms with Gasteiger partial charge in [0.25, 0.3) is 0 Å². The van der Waals surface area contributed by atoms with Gasteiger partial charge < -0.3 is 15.0 Å². The van der Waals surface area contributed by atoms with Gasteiger partial charge in [0, 0.05) is 37.1 Å². The molecule has 10 heteroatoms. The summed E-state index contributed by atoms with van der Waals surface area (Å²) in [5.41, 5.74) is 2.41. The van der Waals surface area contributed by atoms with E-state index in [0.29, 0.717) is 30.1 Å². The predicted octanol–water partition coefficient (Wildman–Crippen LogP) is 2.81. The smallest absolute Gasteiger partial charge is 0.223 e. The molecule has 5 rings (SSSR count). The number of hydrogen-bond donors (Lipinski definition) is 1. The molecule has 2 fully saturated rings. The molecule has 0 unspecified atom stereocenters. The molecular weight excluding hydrogens is 432 g/mol. The highest BCUT2D eigenvalue weighted by Crippen LogP contribution is 2.53. The number of rotatable bonds is 5. The highest BCUT2D eigenvalue weighted by Gasteiger charge is 2.52. The first kappa shape index (κ1) is 21.3. The molecular formula is C20H24Cl2FN5O2. The van der Waals surface area contributed by atoms with E-state index in [1.54, 1.807) is 17.9 Å². The standard InChI is InChI=1S/C20H23ClFN5O2.ClH/c1-26-8-12(24-25-26)10-29-19-15(22)6-14(21)13-2-5-23-16(18(13)19)9-27-11-20(3-4-20)7-17(27)28;/h6,8,16,23H,2-5,7,9-11H2,1H3;1H/t16-;/m1./s1. The lowest BCUT2D eigenvalue weighted by molar-refractivity contribution is -0.128. The van der Waals surface area contributed by atoms with Crippen molar-refractivity contribution in [3.63, 3.8) is 0 Å². The molecule has 2 aromatic rings. The molecule has 162 valence electrons. The number of hydrogen-bond acceptors (Lipinski definition) is 5. The van der Waals surface area contributed by atoms with Gasteiger partial charge in [0.1, 0.15) is 12.3 Å². The average Bonchev–Trinajstić information content (AvgIpc) is 3.18. The monoisotopic (exact) mass is 455 g/mol. The van der Waals surface area contributed by atoms with Gasteiger partial charge in [-0.2, -0.15) is 0 Å².